The van der Waals surface area contributed by atoms with Gasteiger partial charge in [-0.25, -0.2) is 0 Å². The summed E-state index contributed by atoms with van der Waals surface area (Å²) in [5.41, 5.74) is 5.59. The molecule has 3 atom stereocenters. The largest absolute Gasteiger partial charge is 0.386 e. The van der Waals surface area contributed by atoms with Crippen LogP contribution < -0.4 is 5.73 Å². The maximum absolute atomic E-state index is 7.53. The summed E-state index contributed by atoms with van der Waals surface area (Å²) < 4.78 is 0. The van der Waals surface area contributed by atoms with Crippen molar-refractivity contribution >= 4 is 5.84 Å². The van der Waals surface area contributed by atoms with Gasteiger partial charge in [-0.15, -0.1) is 0 Å². The molecule has 0 amide bonds. The standard InChI is InChI=1S/C12H24N4/c1-9(12(13)14)16-7-5-11-10(8-16)4-3-6-15(11)2/h9-11H,3-8H2,1-2H3,(H3,13,14). The Labute approximate surface area is 98.3 Å². The molecular weight excluding hydrogens is 200 g/mol. The van der Waals surface area contributed by atoms with Crippen LogP contribution in [0.2, 0.25) is 0 Å². The Balaban J connectivity index is 1.97. The van der Waals surface area contributed by atoms with E-state index in [0.717, 1.165) is 25.0 Å². The fraction of sp³-hybridized carbons (Fsp3) is 0.917. The fourth-order valence-corrected chi connectivity index (χ4v) is 3.23. The molecule has 2 aliphatic rings. The summed E-state index contributed by atoms with van der Waals surface area (Å²) in [6, 6.07) is 0.886. The van der Waals surface area contributed by atoms with Gasteiger partial charge in [0.05, 0.1) is 6.04 Å². The summed E-state index contributed by atoms with van der Waals surface area (Å²) in [7, 11) is 2.25. The van der Waals surface area contributed by atoms with Crippen LogP contribution in [-0.4, -0.2) is 54.4 Å². The van der Waals surface area contributed by atoms with Gasteiger partial charge >= 0.3 is 0 Å². The van der Waals surface area contributed by atoms with Gasteiger partial charge < -0.3 is 10.6 Å². The number of hydrogen-bond acceptors (Lipinski definition) is 3. The van der Waals surface area contributed by atoms with Crippen molar-refractivity contribution in [2.75, 3.05) is 26.7 Å². The highest BCUT2D eigenvalue weighted by atomic mass is 15.2. The van der Waals surface area contributed by atoms with Gasteiger partial charge in [-0.1, -0.05) is 0 Å². The number of rotatable bonds is 2. The monoisotopic (exact) mass is 224 g/mol. The second-order valence-electron chi connectivity index (χ2n) is 5.37. The summed E-state index contributed by atoms with van der Waals surface area (Å²) in [5, 5.41) is 7.53. The van der Waals surface area contributed by atoms with Gasteiger partial charge in [0.15, 0.2) is 0 Å². The van der Waals surface area contributed by atoms with Crippen LogP contribution in [0.1, 0.15) is 26.2 Å². The van der Waals surface area contributed by atoms with Gasteiger partial charge in [0.2, 0.25) is 0 Å². The topological polar surface area (TPSA) is 56.4 Å². The van der Waals surface area contributed by atoms with Crippen molar-refractivity contribution < 1.29 is 0 Å². The fourth-order valence-electron chi connectivity index (χ4n) is 3.23. The molecule has 2 rings (SSSR count). The molecule has 2 aliphatic heterocycles. The molecule has 0 aliphatic carbocycles. The van der Waals surface area contributed by atoms with Crippen LogP contribution in [0, 0.1) is 11.3 Å². The van der Waals surface area contributed by atoms with Gasteiger partial charge in [-0.05, 0) is 45.7 Å². The van der Waals surface area contributed by atoms with Crippen molar-refractivity contribution in [1.29, 1.82) is 5.41 Å². The molecule has 0 radical (unpaired) electrons. The van der Waals surface area contributed by atoms with Crippen LogP contribution in [0.15, 0.2) is 0 Å². The van der Waals surface area contributed by atoms with Crippen molar-refractivity contribution in [1.82, 2.24) is 9.80 Å². The van der Waals surface area contributed by atoms with Crippen molar-refractivity contribution in [3.05, 3.63) is 0 Å². The quantitative estimate of drug-likeness (QED) is 0.537. The van der Waals surface area contributed by atoms with E-state index in [0.29, 0.717) is 5.84 Å². The zero-order chi connectivity index (χ0) is 11.7. The Morgan fingerprint density at radius 2 is 2.12 bits per heavy atom. The Kier molecular flexibility index (Phi) is 3.50. The van der Waals surface area contributed by atoms with Gasteiger partial charge in [-0.2, -0.15) is 0 Å². The molecular formula is C12H24N4. The normalized spacial score (nSPS) is 34.4. The maximum Gasteiger partial charge on any atom is 0.108 e. The number of nitrogens with one attached hydrogen (secondary N) is 1. The van der Waals surface area contributed by atoms with Gasteiger partial charge in [-0.3, -0.25) is 10.3 Å². The number of hydrogen-bond donors (Lipinski definition) is 2. The summed E-state index contributed by atoms with van der Waals surface area (Å²) in [6.07, 6.45) is 3.90. The molecule has 0 aromatic rings. The molecule has 92 valence electrons. The van der Waals surface area contributed by atoms with Gasteiger partial charge in [0.1, 0.15) is 5.84 Å². The van der Waals surface area contributed by atoms with Crippen LogP contribution in [-0.2, 0) is 0 Å². The molecule has 2 heterocycles. The van der Waals surface area contributed by atoms with E-state index in [4.69, 9.17) is 11.1 Å². The summed E-state index contributed by atoms with van der Waals surface area (Å²) in [5.74, 6) is 1.09. The predicted octanol–water partition coefficient (Wildman–Crippen LogP) is 0.727. The van der Waals surface area contributed by atoms with E-state index in [9.17, 15) is 0 Å². The van der Waals surface area contributed by atoms with E-state index < -0.39 is 0 Å². The van der Waals surface area contributed by atoms with Crippen LogP contribution in [0.4, 0.5) is 0 Å². The van der Waals surface area contributed by atoms with Crippen LogP contribution in [0.25, 0.3) is 0 Å². The Hall–Kier alpha value is -0.610. The highest BCUT2D eigenvalue weighted by Gasteiger charge is 2.35. The third-order valence-corrected chi connectivity index (χ3v) is 4.37. The number of amidine groups is 1. The average Bonchev–Trinajstić information content (AvgIpc) is 2.28. The molecule has 0 spiro atoms. The Morgan fingerprint density at radius 3 is 2.81 bits per heavy atom. The number of likely N-dealkylation sites (tertiary alicyclic amines) is 2. The van der Waals surface area contributed by atoms with E-state index in [1.54, 1.807) is 0 Å². The molecule has 0 saturated carbocycles. The molecule has 3 unspecified atom stereocenters. The molecule has 3 N–H and O–H groups in total. The van der Waals surface area contributed by atoms with E-state index in [1.807, 2.05) is 0 Å². The molecule has 4 heteroatoms. The zero-order valence-corrected chi connectivity index (χ0v) is 10.4. The summed E-state index contributed by atoms with van der Waals surface area (Å²) >= 11 is 0. The number of fused-ring (bicyclic) bond motifs is 1. The first-order valence-corrected chi connectivity index (χ1v) is 6.38. The molecule has 0 bridgehead atoms. The van der Waals surface area contributed by atoms with Crippen molar-refractivity contribution in [2.24, 2.45) is 11.7 Å². The third-order valence-electron chi connectivity index (χ3n) is 4.37. The molecule has 2 saturated heterocycles. The maximum atomic E-state index is 7.53. The summed E-state index contributed by atoms with van der Waals surface area (Å²) in [4.78, 5) is 4.90. The lowest BCUT2D eigenvalue weighted by Crippen LogP contribution is -2.56. The molecule has 16 heavy (non-hydrogen) atoms. The van der Waals surface area contributed by atoms with E-state index in [-0.39, 0.29) is 6.04 Å². The lowest BCUT2D eigenvalue weighted by Gasteiger charge is -2.47. The number of nitrogens with two attached hydrogens (primary N) is 1. The Bertz CT molecular complexity index is 266. The molecule has 2 fully saturated rings. The van der Waals surface area contributed by atoms with E-state index in [1.165, 1.54) is 25.8 Å². The van der Waals surface area contributed by atoms with Crippen LogP contribution in [0.3, 0.4) is 0 Å². The lowest BCUT2D eigenvalue weighted by atomic mass is 9.83. The van der Waals surface area contributed by atoms with E-state index in [2.05, 4.69) is 23.8 Å². The second kappa shape index (κ2) is 4.72. The first-order valence-electron chi connectivity index (χ1n) is 6.38. The van der Waals surface area contributed by atoms with Crippen LogP contribution >= 0.6 is 0 Å². The van der Waals surface area contributed by atoms with Gasteiger partial charge in [0.25, 0.3) is 0 Å². The van der Waals surface area contributed by atoms with Gasteiger partial charge in [0, 0.05) is 19.1 Å². The van der Waals surface area contributed by atoms with E-state index >= 15 is 0 Å². The third kappa shape index (κ3) is 2.23. The highest BCUT2D eigenvalue weighted by Crippen LogP contribution is 2.30. The lowest BCUT2D eigenvalue weighted by molar-refractivity contribution is 0.0331. The molecule has 0 aromatic carbocycles. The molecule has 4 nitrogen and oxygen atoms in total. The predicted molar refractivity (Wildman–Crippen MR) is 66.7 cm³/mol. The van der Waals surface area contributed by atoms with Crippen LogP contribution in [0.5, 0.6) is 0 Å². The van der Waals surface area contributed by atoms with Crippen molar-refractivity contribution in [3.63, 3.8) is 0 Å². The highest BCUT2D eigenvalue weighted by molar-refractivity contribution is 5.82. The smallest absolute Gasteiger partial charge is 0.108 e. The number of nitrogens with zero attached hydrogens (tertiary/aromatic N) is 2. The average molecular weight is 224 g/mol. The molecule has 0 aromatic heterocycles. The second-order valence-corrected chi connectivity index (χ2v) is 5.37. The summed E-state index contributed by atoms with van der Waals surface area (Å²) in [6.45, 7) is 5.51. The minimum absolute atomic E-state index is 0.119. The Morgan fingerprint density at radius 1 is 1.38 bits per heavy atom. The van der Waals surface area contributed by atoms with Crippen molar-refractivity contribution in [3.8, 4) is 0 Å². The minimum atomic E-state index is 0.119. The van der Waals surface area contributed by atoms with Crippen molar-refractivity contribution in [2.45, 2.75) is 38.3 Å². The SMILES string of the molecule is CC(C(=N)N)N1CCC2C(CCCN2C)C1. The number of piperidine rings is 2. The first-order chi connectivity index (χ1) is 7.59. The first kappa shape index (κ1) is 11.9. The minimum Gasteiger partial charge on any atom is -0.386 e. The zero-order valence-electron chi connectivity index (χ0n) is 10.4.